The zero-order valence-electron chi connectivity index (χ0n) is 9.73. The molecule has 2 heterocycles. The molecule has 3 nitrogen and oxygen atoms in total. The molecule has 0 N–H and O–H groups in total. The number of aliphatic imine (C=N–C) groups is 1. The van der Waals surface area contributed by atoms with Crippen LogP contribution in [0, 0.1) is 5.41 Å². The highest BCUT2D eigenvalue weighted by Gasteiger charge is 2.11. The molecule has 1 aromatic rings. The lowest BCUT2D eigenvalue weighted by atomic mass is 9.94. The number of aromatic nitrogens is 2. The lowest BCUT2D eigenvalue weighted by Crippen LogP contribution is -2.29. The minimum absolute atomic E-state index is 0.0214. The van der Waals surface area contributed by atoms with Crippen molar-refractivity contribution in [2.24, 2.45) is 10.4 Å². The standard InChI is InChI=1S/C10H11N3.C2H6/c1-10(2)3-8-4-12-7-13-9(8)5-11-6-10;1-2/h3-7H,1-2H3;1-2H3. The van der Waals surface area contributed by atoms with Crippen molar-refractivity contribution >= 4 is 18.5 Å². The van der Waals surface area contributed by atoms with Crippen molar-refractivity contribution < 1.29 is 0 Å². The number of fused-ring (bicyclic) bond motifs is 1. The van der Waals surface area contributed by atoms with Crippen LogP contribution in [0.4, 0.5) is 0 Å². The van der Waals surface area contributed by atoms with E-state index in [1.807, 2.05) is 26.3 Å². The van der Waals surface area contributed by atoms with Gasteiger partial charge in [-0.2, -0.15) is 0 Å². The van der Waals surface area contributed by atoms with E-state index < -0.39 is 0 Å². The van der Waals surface area contributed by atoms with E-state index in [9.17, 15) is 0 Å². The Bertz CT molecular complexity index is 458. The Morgan fingerprint density at radius 3 is 2.67 bits per heavy atom. The summed E-state index contributed by atoms with van der Waals surface area (Å²) < 4.78 is 0. The first-order chi connectivity index (χ1) is 7.17. The number of hydrogen-bond acceptors (Lipinski definition) is 3. The molecule has 0 aliphatic carbocycles. The van der Waals surface area contributed by atoms with Gasteiger partial charge in [-0.15, -0.1) is 0 Å². The van der Waals surface area contributed by atoms with E-state index in [2.05, 4.69) is 34.9 Å². The van der Waals surface area contributed by atoms with Gasteiger partial charge >= 0.3 is 0 Å². The van der Waals surface area contributed by atoms with E-state index in [0.29, 0.717) is 0 Å². The summed E-state index contributed by atoms with van der Waals surface area (Å²) in [6.45, 7) is 8.21. The highest BCUT2D eigenvalue weighted by Crippen LogP contribution is 2.13. The molecule has 15 heavy (non-hydrogen) atoms. The smallest absolute Gasteiger partial charge is 0.116 e. The van der Waals surface area contributed by atoms with E-state index >= 15 is 0 Å². The highest BCUT2D eigenvalue weighted by molar-refractivity contribution is 5.76. The summed E-state index contributed by atoms with van der Waals surface area (Å²) in [4.78, 5) is 12.3. The number of hydrogen-bond donors (Lipinski definition) is 0. The molecule has 0 radical (unpaired) electrons. The maximum Gasteiger partial charge on any atom is 0.116 e. The van der Waals surface area contributed by atoms with Gasteiger partial charge in [-0.3, -0.25) is 4.99 Å². The monoisotopic (exact) mass is 203 g/mol. The largest absolute Gasteiger partial charge is 0.266 e. The highest BCUT2D eigenvalue weighted by atomic mass is 14.8. The fourth-order valence-corrected chi connectivity index (χ4v) is 1.31. The van der Waals surface area contributed by atoms with E-state index in [4.69, 9.17) is 0 Å². The predicted octanol–water partition coefficient (Wildman–Crippen LogP) is 1.13. The molecule has 0 unspecified atom stereocenters. The zero-order chi connectivity index (χ0) is 11.3. The van der Waals surface area contributed by atoms with Crippen LogP contribution < -0.4 is 10.6 Å². The van der Waals surface area contributed by atoms with Crippen LogP contribution in [0.5, 0.6) is 0 Å². The lowest BCUT2D eigenvalue weighted by molar-refractivity contribution is 0.740. The molecule has 80 valence electrons. The van der Waals surface area contributed by atoms with Gasteiger partial charge in [-0.25, -0.2) is 9.97 Å². The fourth-order valence-electron chi connectivity index (χ4n) is 1.31. The van der Waals surface area contributed by atoms with Crippen LogP contribution in [-0.4, -0.2) is 16.2 Å². The van der Waals surface area contributed by atoms with Crippen molar-refractivity contribution in [1.29, 1.82) is 0 Å². The fraction of sp³-hybridized carbons (Fsp3) is 0.417. The molecule has 3 heteroatoms. The molecular formula is C12H17N3. The molecule has 0 fully saturated rings. The van der Waals surface area contributed by atoms with Crippen molar-refractivity contribution in [3.8, 4) is 0 Å². The molecule has 1 aliphatic rings. The molecule has 1 aromatic heterocycles. The van der Waals surface area contributed by atoms with Crippen LogP contribution in [0.3, 0.4) is 0 Å². The normalized spacial score (nSPS) is 16.0. The molecule has 0 saturated heterocycles. The summed E-state index contributed by atoms with van der Waals surface area (Å²) in [7, 11) is 0. The van der Waals surface area contributed by atoms with Crippen LogP contribution in [0.25, 0.3) is 12.3 Å². The maximum absolute atomic E-state index is 4.19. The molecule has 0 bridgehead atoms. The summed E-state index contributed by atoms with van der Waals surface area (Å²) in [5, 5.41) is 1.93. The van der Waals surface area contributed by atoms with Crippen LogP contribution in [0.15, 0.2) is 17.5 Å². The SMILES string of the molecule is CC.CC1(C)C=NC=c2ncncc2=C1. The predicted molar refractivity (Wildman–Crippen MR) is 63.8 cm³/mol. The van der Waals surface area contributed by atoms with Gasteiger partial charge in [0.1, 0.15) is 6.33 Å². The van der Waals surface area contributed by atoms with Crippen LogP contribution in [0.1, 0.15) is 27.7 Å². The first-order valence-electron chi connectivity index (χ1n) is 5.21. The van der Waals surface area contributed by atoms with Gasteiger partial charge in [0.25, 0.3) is 0 Å². The van der Waals surface area contributed by atoms with E-state index in [1.165, 1.54) is 6.33 Å². The molecule has 0 amide bonds. The second kappa shape index (κ2) is 4.82. The van der Waals surface area contributed by atoms with Gasteiger partial charge in [-0.05, 0) is 0 Å². The summed E-state index contributed by atoms with van der Waals surface area (Å²) in [6.07, 6.45) is 9.15. The molecule has 2 rings (SSSR count). The third-order valence-corrected chi connectivity index (χ3v) is 1.90. The van der Waals surface area contributed by atoms with Crippen molar-refractivity contribution in [3.05, 3.63) is 23.1 Å². The van der Waals surface area contributed by atoms with Gasteiger partial charge in [0.2, 0.25) is 0 Å². The Hall–Kier alpha value is -1.51. The van der Waals surface area contributed by atoms with Crippen LogP contribution in [0.2, 0.25) is 0 Å². The summed E-state index contributed by atoms with van der Waals surface area (Å²) in [5.41, 5.74) is -0.0214. The van der Waals surface area contributed by atoms with Gasteiger partial charge in [0, 0.05) is 23.0 Å². The summed E-state index contributed by atoms with van der Waals surface area (Å²) >= 11 is 0. The topological polar surface area (TPSA) is 38.1 Å². The van der Waals surface area contributed by atoms with E-state index in [0.717, 1.165) is 10.6 Å². The molecule has 0 aromatic carbocycles. The molecule has 0 atom stereocenters. The molecular weight excluding hydrogens is 186 g/mol. The Morgan fingerprint density at radius 1 is 1.20 bits per heavy atom. The third-order valence-electron chi connectivity index (χ3n) is 1.90. The lowest BCUT2D eigenvalue weighted by Gasteiger charge is -2.10. The van der Waals surface area contributed by atoms with Gasteiger partial charge < -0.3 is 0 Å². The van der Waals surface area contributed by atoms with Crippen molar-refractivity contribution in [2.75, 3.05) is 0 Å². The van der Waals surface area contributed by atoms with Crippen LogP contribution in [-0.2, 0) is 0 Å². The summed E-state index contributed by atoms with van der Waals surface area (Å²) in [6, 6.07) is 0. The van der Waals surface area contributed by atoms with Crippen molar-refractivity contribution in [2.45, 2.75) is 27.7 Å². The first kappa shape index (κ1) is 11.6. The second-order valence-corrected chi connectivity index (χ2v) is 3.74. The van der Waals surface area contributed by atoms with Gasteiger partial charge in [-0.1, -0.05) is 33.8 Å². The first-order valence-corrected chi connectivity index (χ1v) is 5.21. The maximum atomic E-state index is 4.19. The Balaban J connectivity index is 0.000000531. The van der Waals surface area contributed by atoms with Crippen molar-refractivity contribution in [3.63, 3.8) is 0 Å². The van der Waals surface area contributed by atoms with E-state index in [-0.39, 0.29) is 5.41 Å². The molecule has 0 spiro atoms. The van der Waals surface area contributed by atoms with Crippen molar-refractivity contribution in [1.82, 2.24) is 9.97 Å². The average Bonchev–Trinajstić information content (AvgIpc) is 2.37. The molecule has 1 aliphatic heterocycles. The average molecular weight is 203 g/mol. The Morgan fingerprint density at radius 2 is 1.93 bits per heavy atom. The quantitative estimate of drug-likeness (QED) is 0.634. The zero-order valence-corrected chi connectivity index (χ0v) is 9.73. The number of nitrogens with zero attached hydrogens (tertiary/aromatic N) is 3. The van der Waals surface area contributed by atoms with Gasteiger partial charge in [0.05, 0.1) is 11.5 Å². The van der Waals surface area contributed by atoms with Gasteiger partial charge in [0.15, 0.2) is 0 Å². The minimum atomic E-state index is -0.0214. The van der Waals surface area contributed by atoms with Crippen LogP contribution >= 0.6 is 0 Å². The summed E-state index contributed by atoms with van der Waals surface area (Å²) in [5.74, 6) is 0. The Kier molecular flexibility index (Phi) is 3.72. The second-order valence-electron chi connectivity index (χ2n) is 3.74. The minimum Gasteiger partial charge on any atom is -0.266 e. The van der Waals surface area contributed by atoms with E-state index in [1.54, 1.807) is 6.20 Å². The Labute approximate surface area is 90.3 Å². The number of rotatable bonds is 0. The molecule has 0 saturated carbocycles. The third kappa shape index (κ3) is 2.98.